The number of nitrogens with zero attached hydrogens (tertiary/aromatic N) is 2. The monoisotopic (exact) mass is 505 g/mol. The maximum atomic E-state index is 12.8. The van der Waals surface area contributed by atoms with E-state index in [1.165, 1.54) is 23.8 Å². The van der Waals surface area contributed by atoms with Gasteiger partial charge in [-0.15, -0.1) is 23.4 Å². The highest BCUT2D eigenvalue weighted by atomic mass is 35.5. The van der Waals surface area contributed by atoms with E-state index in [-0.39, 0.29) is 12.3 Å². The van der Waals surface area contributed by atoms with Crippen LogP contribution in [0.3, 0.4) is 0 Å². The number of oxime groups is 1. The maximum absolute atomic E-state index is 12.8. The third-order valence-electron chi connectivity index (χ3n) is 4.49. The van der Waals surface area contributed by atoms with E-state index in [1.807, 2.05) is 0 Å². The van der Waals surface area contributed by atoms with Gasteiger partial charge >= 0.3 is 11.9 Å². The fourth-order valence-electron chi connectivity index (χ4n) is 2.92. The summed E-state index contributed by atoms with van der Waals surface area (Å²) in [6, 6.07) is -1.03. The lowest BCUT2D eigenvalue weighted by atomic mass is 10.0. The van der Waals surface area contributed by atoms with E-state index >= 15 is 0 Å². The molecule has 1 fully saturated rings. The second kappa shape index (κ2) is 12.0. The Morgan fingerprint density at radius 2 is 1.94 bits per heavy atom. The van der Waals surface area contributed by atoms with E-state index in [4.69, 9.17) is 25.8 Å². The molecule has 2 aliphatic heterocycles. The van der Waals surface area contributed by atoms with Crippen molar-refractivity contribution >= 4 is 58.6 Å². The van der Waals surface area contributed by atoms with Crippen molar-refractivity contribution in [3.63, 3.8) is 0 Å². The van der Waals surface area contributed by atoms with Crippen molar-refractivity contribution in [3.8, 4) is 0 Å². The smallest absolute Gasteiger partial charge is 0.358 e. The Bertz CT molecular complexity index is 890. The van der Waals surface area contributed by atoms with Gasteiger partial charge in [0, 0.05) is 12.9 Å². The number of carbonyl (C=O) groups excluding carboxylic acids is 5. The van der Waals surface area contributed by atoms with Crippen LogP contribution in [0.4, 0.5) is 0 Å². The number of alkyl halides is 1. The lowest BCUT2D eigenvalue weighted by Crippen LogP contribution is -2.71. The summed E-state index contributed by atoms with van der Waals surface area (Å²) in [7, 11) is 2.59. The molecule has 0 bridgehead atoms. The van der Waals surface area contributed by atoms with Crippen molar-refractivity contribution in [2.24, 2.45) is 11.1 Å². The number of thioether (sulfide) groups is 1. The van der Waals surface area contributed by atoms with Gasteiger partial charge in [-0.3, -0.25) is 24.1 Å². The zero-order valence-corrected chi connectivity index (χ0v) is 20.0. The van der Waals surface area contributed by atoms with Gasteiger partial charge in [-0.2, -0.15) is 0 Å². The molecular weight excluding hydrogens is 482 g/mol. The van der Waals surface area contributed by atoms with Gasteiger partial charge in [-0.25, -0.2) is 4.79 Å². The van der Waals surface area contributed by atoms with Gasteiger partial charge in [0.1, 0.15) is 24.2 Å². The van der Waals surface area contributed by atoms with Crippen LogP contribution in [0.1, 0.15) is 13.8 Å². The first-order valence-electron chi connectivity index (χ1n) is 9.68. The summed E-state index contributed by atoms with van der Waals surface area (Å²) in [6.07, 6.45) is 0. The Hall–Kier alpha value is -2.64. The highest BCUT2D eigenvalue weighted by Gasteiger charge is 2.54. The normalized spacial score (nSPS) is 20.1. The van der Waals surface area contributed by atoms with Gasteiger partial charge in [0.2, 0.25) is 18.3 Å². The molecular formula is C19H24ClN3O9S. The van der Waals surface area contributed by atoms with Crippen LogP contribution < -0.4 is 5.32 Å². The Labute approximate surface area is 198 Å². The number of fused-ring (bicyclic) bond motifs is 1. The zero-order chi connectivity index (χ0) is 24.7. The molecule has 2 rings (SSSR count). The lowest BCUT2D eigenvalue weighted by Gasteiger charge is -2.49. The van der Waals surface area contributed by atoms with E-state index in [0.717, 1.165) is 7.11 Å². The molecule has 1 unspecified atom stereocenters. The highest BCUT2D eigenvalue weighted by Crippen LogP contribution is 2.40. The second-order valence-corrected chi connectivity index (χ2v) is 8.47. The van der Waals surface area contributed by atoms with Gasteiger partial charge in [0.15, 0.2) is 0 Å². The maximum Gasteiger partial charge on any atom is 0.358 e. The van der Waals surface area contributed by atoms with Crippen LogP contribution in [0.5, 0.6) is 0 Å². The first kappa shape index (κ1) is 26.6. The molecule has 2 aliphatic rings. The molecule has 2 heterocycles. The zero-order valence-electron chi connectivity index (χ0n) is 18.4. The summed E-state index contributed by atoms with van der Waals surface area (Å²) in [4.78, 5) is 67.0. The number of nitrogens with one attached hydrogen (secondary N) is 1. The topological polar surface area (TPSA) is 150 Å². The molecule has 14 heteroatoms. The Morgan fingerprint density at radius 1 is 1.24 bits per heavy atom. The number of carbonyl (C=O) groups is 5. The number of ether oxygens (including phenoxy) is 3. The van der Waals surface area contributed by atoms with Crippen molar-refractivity contribution in [2.45, 2.75) is 25.3 Å². The van der Waals surface area contributed by atoms with Gasteiger partial charge in [-0.05, 0) is 5.57 Å². The van der Waals surface area contributed by atoms with Crippen LogP contribution in [-0.4, -0.2) is 90.8 Å². The van der Waals surface area contributed by atoms with Crippen LogP contribution in [-0.2, 0) is 43.0 Å². The number of halogens is 1. The van der Waals surface area contributed by atoms with Crippen LogP contribution in [0.15, 0.2) is 16.4 Å². The molecule has 2 amide bonds. The number of amides is 2. The highest BCUT2D eigenvalue weighted by molar-refractivity contribution is 8.00. The molecule has 1 N–H and O–H groups in total. The molecule has 0 spiro atoms. The molecule has 0 radical (unpaired) electrons. The van der Waals surface area contributed by atoms with E-state index in [0.29, 0.717) is 11.3 Å². The molecule has 12 nitrogen and oxygen atoms in total. The minimum Gasteiger partial charge on any atom is -0.428 e. The molecule has 182 valence electrons. The van der Waals surface area contributed by atoms with Crippen molar-refractivity contribution in [3.05, 3.63) is 11.3 Å². The number of β-lactam (4-membered cyclic amide) rings is 1. The predicted molar refractivity (Wildman–Crippen MR) is 116 cm³/mol. The molecule has 0 aromatic heterocycles. The lowest BCUT2D eigenvalue weighted by molar-refractivity contribution is -0.170. The number of hydrogen-bond donors (Lipinski definition) is 1. The standard InChI is InChI=1S/C19H24ClN3O9S/c1-9(2)18(27)31-8-32-19(28)14-10(6-29-3)7-33-17-13(16(26)23(14)17)21-15(25)12(22-30-4)11(24)5-20/h9,13,17H,5-8H2,1-4H3,(H,21,25)/b22-12-/t13?,17-/m1/s1. The number of esters is 2. The van der Waals surface area contributed by atoms with Crippen molar-refractivity contribution in [1.29, 1.82) is 0 Å². The van der Waals surface area contributed by atoms with E-state index < -0.39 is 65.3 Å². The summed E-state index contributed by atoms with van der Waals surface area (Å²) in [5.74, 6) is -4.33. The van der Waals surface area contributed by atoms with Gasteiger partial charge < -0.3 is 24.4 Å². The number of methoxy groups -OCH3 is 1. The van der Waals surface area contributed by atoms with Crippen LogP contribution in [0.25, 0.3) is 0 Å². The van der Waals surface area contributed by atoms with Crippen molar-refractivity contribution in [1.82, 2.24) is 10.2 Å². The summed E-state index contributed by atoms with van der Waals surface area (Å²) in [5, 5.41) is 5.16. The minimum atomic E-state index is -1.03. The quantitative estimate of drug-likeness (QED) is 0.0760. The summed E-state index contributed by atoms with van der Waals surface area (Å²) >= 11 is 6.77. The first-order valence-corrected chi connectivity index (χ1v) is 11.3. The second-order valence-electron chi connectivity index (χ2n) is 7.09. The average molecular weight is 506 g/mol. The number of hydrogen-bond acceptors (Lipinski definition) is 11. The van der Waals surface area contributed by atoms with Crippen molar-refractivity contribution in [2.75, 3.05) is 39.3 Å². The number of rotatable bonds is 11. The van der Waals surface area contributed by atoms with E-state index in [9.17, 15) is 24.0 Å². The molecule has 0 aliphatic carbocycles. The minimum absolute atomic E-state index is 0.0423. The Balaban J connectivity index is 2.15. The molecule has 1 saturated heterocycles. The molecule has 0 aromatic rings. The van der Waals surface area contributed by atoms with E-state index in [2.05, 4.69) is 15.3 Å². The summed E-state index contributed by atoms with van der Waals surface area (Å²) < 4.78 is 15.0. The summed E-state index contributed by atoms with van der Waals surface area (Å²) in [6.45, 7) is 2.70. The molecule has 0 saturated carbocycles. The molecule has 33 heavy (non-hydrogen) atoms. The fourth-order valence-corrected chi connectivity index (χ4v) is 4.37. The third-order valence-corrected chi connectivity index (χ3v) is 6.07. The van der Waals surface area contributed by atoms with Gasteiger partial charge in [0.25, 0.3) is 11.8 Å². The number of ketones is 1. The predicted octanol–water partition coefficient (Wildman–Crippen LogP) is -0.203. The average Bonchev–Trinajstić information content (AvgIpc) is 2.79. The van der Waals surface area contributed by atoms with E-state index in [1.54, 1.807) is 13.8 Å². The Morgan fingerprint density at radius 3 is 2.52 bits per heavy atom. The SMILES string of the molecule is COCC1=C(C(=O)OCOC(=O)C(C)C)N2C(=O)C(NC(=O)/C(=N\OC)C(=O)CCl)[C@H]2SC1. The largest absolute Gasteiger partial charge is 0.428 e. The van der Waals surface area contributed by atoms with Crippen LogP contribution in [0.2, 0.25) is 0 Å². The van der Waals surface area contributed by atoms with Crippen LogP contribution in [0, 0.1) is 5.92 Å². The third kappa shape index (κ3) is 6.03. The number of Topliss-reactive ketones (excluding diaryl/α,β-unsaturated/α-hetero) is 1. The summed E-state index contributed by atoms with van der Waals surface area (Å²) in [5.41, 5.74) is -0.128. The first-order chi connectivity index (χ1) is 15.7. The van der Waals surface area contributed by atoms with Crippen LogP contribution >= 0.6 is 23.4 Å². The fraction of sp³-hybridized carbons (Fsp3) is 0.579. The molecule has 0 aromatic carbocycles. The van der Waals surface area contributed by atoms with Gasteiger partial charge in [0.05, 0.1) is 18.4 Å². The Kier molecular flexibility index (Phi) is 9.68. The molecule has 2 atom stereocenters. The van der Waals surface area contributed by atoms with Crippen molar-refractivity contribution < 1.29 is 43.0 Å². The van der Waals surface area contributed by atoms with Gasteiger partial charge in [-0.1, -0.05) is 19.0 Å².